The molecule has 1 aromatic carbocycles. The number of aliphatic imine (C=N–C) groups is 1. The van der Waals surface area contributed by atoms with E-state index in [1.165, 1.54) is 11.1 Å². The SMILES string of the molecule is CCNC(=NCCc1ccc(C)cc1)N(C)CC(=O)NC(C)(C)C.I. The summed E-state index contributed by atoms with van der Waals surface area (Å²) in [6.07, 6.45) is 0.886. The third-order valence-corrected chi connectivity index (χ3v) is 3.37. The van der Waals surface area contributed by atoms with Crippen molar-refractivity contribution in [3.8, 4) is 0 Å². The molecule has 6 heteroatoms. The van der Waals surface area contributed by atoms with Crippen LogP contribution in [0.4, 0.5) is 0 Å². The van der Waals surface area contributed by atoms with Crippen LogP contribution < -0.4 is 10.6 Å². The number of nitrogens with zero attached hydrogens (tertiary/aromatic N) is 2. The van der Waals surface area contributed by atoms with Crippen molar-refractivity contribution < 1.29 is 4.79 Å². The van der Waals surface area contributed by atoms with Gasteiger partial charge in [-0.3, -0.25) is 9.79 Å². The molecule has 0 unspecified atom stereocenters. The van der Waals surface area contributed by atoms with Crippen molar-refractivity contribution in [2.45, 2.75) is 46.6 Å². The minimum Gasteiger partial charge on any atom is -0.357 e. The van der Waals surface area contributed by atoms with Gasteiger partial charge in [-0.2, -0.15) is 0 Å². The number of halogens is 1. The summed E-state index contributed by atoms with van der Waals surface area (Å²) >= 11 is 0. The molecule has 1 rings (SSSR count). The molecule has 142 valence electrons. The Morgan fingerprint density at radius 2 is 1.80 bits per heavy atom. The van der Waals surface area contributed by atoms with E-state index in [0.29, 0.717) is 6.54 Å². The van der Waals surface area contributed by atoms with Crippen LogP contribution >= 0.6 is 24.0 Å². The molecule has 0 saturated carbocycles. The Morgan fingerprint density at radius 3 is 2.32 bits per heavy atom. The molecule has 1 aromatic rings. The van der Waals surface area contributed by atoms with Crippen molar-refractivity contribution in [2.24, 2.45) is 4.99 Å². The van der Waals surface area contributed by atoms with Gasteiger partial charge in [0, 0.05) is 25.7 Å². The van der Waals surface area contributed by atoms with Gasteiger partial charge in [0.15, 0.2) is 5.96 Å². The van der Waals surface area contributed by atoms with E-state index in [1.807, 2.05) is 39.6 Å². The van der Waals surface area contributed by atoms with Crippen molar-refractivity contribution in [2.75, 3.05) is 26.7 Å². The van der Waals surface area contributed by atoms with E-state index in [-0.39, 0.29) is 42.0 Å². The summed E-state index contributed by atoms with van der Waals surface area (Å²) in [6, 6.07) is 8.51. The highest BCUT2D eigenvalue weighted by atomic mass is 127. The fourth-order valence-electron chi connectivity index (χ4n) is 2.26. The van der Waals surface area contributed by atoms with E-state index in [2.05, 4.69) is 46.8 Å². The molecule has 0 saturated heterocycles. The minimum absolute atomic E-state index is 0. The lowest BCUT2D eigenvalue weighted by Crippen LogP contribution is -2.48. The van der Waals surface area contributed by atoms with Crippen LogP contribution in [0.2, 0.25) is 0 Å². The number of hydrogen-bond donors (Lipinski definition) is 2. The normalized spacial score (nSPS) is 11.5. The van der Waals surface area contributed by atoms with E-state index in [9.17, 15) is 4.79 Å². The molecule has 0 aromatic heterocycles. The highest BCUT2D eigenvalue weighted by Crippen LogP contribution is 2.04. The number of nitrogens with one attached hydrogen (secondary N) is 2. The van der Waals surface area contributed by atoms with E-state index in [1.54, 1.807) is 0 Å². The molecule has 0 fully saturated rings. The first kappa shape index (κ1) is 23.7. The van der Waals surface area contributed by atoms with Gasteiger partial charge in [0.05, 0.1) is 6.54 Å². The first-order chi connectivity index (χ1) is 11.2. The maximum absolute atomic E-state index is 12.1. The summed E-state index contributed by atoms with van der Waals surface area (Å²) in [7, 11) is 1.88. The van der Waals surface area contributed by atoms with Crippen LogP contribution in [0, 0.1) is 6.92 Å². The van der Waals surface area contributed by atoms with Crippen LogP contribution in [-0.2, 0) is 11.2 Å². The van der Waals surface area contributed by atoms with Gasteiger partial charge < -0.3 is 15.5 Å². The number of likely N-dealkylation sites (N-methyl/N-ethyl adjacent to an activating group) is 1. The summed E-state index contributed by atoms with van der Waals surface area (Å²) in [5, 5.41) is 6.21. The quantitative estimate of drug-likeness (QED) is 0.390. The summed E-state index contributed by atoms with van der Waals surface area (Å²) in [4.78, 5) is 18.6. The topological polar surface area (TPSA) is 56.7 Å². The molecule has 0 aliphatic carbocycles. The maximum Gasteiger partial charge on any atom is 0.240 e. The number of aryl methyl sites for hydroxylation is 1. The predicted octanol–water partition coefficient (Wildman–Crippen LogP) is 2.97. The van der Waals surface area contributed by atoms with Crippen LogP contribution in [0.5, 0.6) is 0 Å². The van der Waals surface area contributed by atoms with Crippen LogP contribution in [0.25, 0.3) is 0 Å². The number of carbonyl (C=O) groups is 1. The van der Waals surface area contributed by atoms with E-state index >= 15 is 0 Å². The van der Waals surface area contributed by atoms with Gasteiger partial charge in [0.2, 0.25) is 5.91 Å². The molecule has 0 heterocycles. The number of benzene rings is 1. The zero-order valence-corrected chi connectivity index (χ0v) is 18.7. The molecular weight excluding hydrogens is 427 g/mol. The number of amides is 1. The van der Waals surface area contributed by atoms with Crippen molar-refractivity contribution in [1.82, 2.24) is 15.5 Å². The molecule has 0 aliphatic rings. The lowest BCUT2D eigenvalue weighted by molar-refractivity contribution is -0.122. The minimum atomic E-state index is -0.223. The lowest BCUT2D eigenvalue weighted by Gasteiger charge is -2.25. The Kier molecular flexibility index (Phi) is 10.7. The molecular formula is C19H33IN4O. The van der Waals surface area contributed by atoms with E-state index in [0.717, 1.165) is 18.9 Å². The lowest BCUT2D eigenvalue weighted by atomic mass is 10.1. The second-order valence-electron chi connectivity index (χ2n) is 7.13. The van der Waals surface area contributed by atoms with Crippen LogP contribution in [0.1, 0.15) is 38.8 Å². The van der Waals surface area contributed by atoms with Crippen molar-refractivity contribution in [3.63, 3.8) is 0 Å². The summed E-state index contributed by atoms with van der Waals surface area (Å²) in [5.74, 6) is 0.753. The average molecular weight is 460 g/mol. The van der Waals surface area contributed by atoms with Crippen LogP contribution in [0.15, 0.2) is 29.3 Å². The summed E-state index contributed by atoms with van der Waals surface area (Å²) in [5.41, 5.74) is 2.31. The smallest absolute Gasteiger partial charge is 0.240 e. The number of rotatable bonds is 6. The number of guanidine groups is 1. The first-order valence-electron chi connectivity index (χ1n) is 8.57. The molecule has 2 N–H and O–H groups in total. The molecule has 0 bridgehead atoms. The fourth-order valence-corrected chi connectivity index (χ4v) is 2.26. The molecule has 0 atom stereocenters. The Balaban J connectivity index is 0.00000576. The van der Waals surface area contributed by atoms with Gasteiger partial charge in [-0.15, -0.1) is 24.0 Å². The van der Waals surface area contributed by atoms with Gasteiger partial charge in [-0.05, 0) is 46.6 Å². The van der Waals surface area contributed by atoms with E-state index in [4.69, 9.17) is 0 Å². The molecule has 0 spiro atoms. The average Bonchev–Trinajstić information content (AvgIpc) is 2.46. The van der Waals surface area contributed by atoms with Gasteiger partial charge in [0.1, 0.15) is 0 Å². The summed E-state index contributed by atoms with van der Waals surface area (Å²) < 4.78 is 0. The van der Waals surface area contributed by atoms with Crippen molar-refractivity contribution in [1.29, 1.82) is 0 Å². The predicted molar refractivity (Wildman–Crippen MR) is 117 cm³/mol. The number of hydrogen-bond acceptors (Lipinski definition) is 2. The molecule has 25 heavy (non-hydrogen) atoms. The number of carbonyl (C=O) groups excluding carboxylic acids is 1. The second-order valence-corrected chi connectivity index (χ2v) is 7.13. The zero-order chi connectivity index (χ0) is 18.2. The Morgan fingerprint density at radius 1 is 1.20 bits per heavy atom. The Labute approximate surface area is 169 Å². The van der Waals surface area contributed by atoms with Gasteiger partial charge in [-0.25, -0.2) is 0 Å². The molecule has 0 aliphatic heterocycles. The molecule has 0 radical (unpaired) electrons. The first-order valence-corrected chi connectivity index (χ1v) is 8.57. The molecule has 5 nitrogen and oxygen atoms in total. The fraction of sp³-hybridized carbons (Fsp3) is 0.579. The Hall–Kier alpha value is -1.31. The maximum atomic E-state index is 12.1. The van der Waals surface area contributed by atoms with Gasteiger partial charge in [-0.1, -0.05) is 29.8 Å². The monoisotopic (exact) mass is 460 g/mol. The third-order valence-electron chi connectivity index (χ3n) is 3.37. The standard InChI is InChI=1S/C19H32N4O.HI/c1-7-20-18(23(6)14-17(24)22-19(3,4)5)21-13-12-16-10-8-15(2)9-11-16;/h8-11H,7,12-14H2,1-6H3,(H,20,21)(H,22,24);1H. The van der Waals surface area contributed by atoms with Crippen molar-refractivity contribution >= 4 is 35.8 Å². The van der Waals surface area contributed by atoms with Crippen LogP contribution in [0.3, 0.4) is 0 Å². The van der Waals surface area contributed by atoms with Crippen molar-refractivity contribution in [3.05, 3.63) is 35.4 Å². The summed E-state index contributed by atoms with van der Waals surface area (Å²) in [6.45, 7) is 11.8. The van der Waals surface area contributed by atoms with Gasteiger partial charge in [0.25, 0.3) is 0 Å². The third kappa shape index (κ3) is 10.3. The highest BCUT2D eigenvalue weighted by Gasteiger charge is 2.16. The largest absolute Gasteiger partial charge is 0.357 e. The second kappa shape index (κ2) is 11.3. The van der Waals surface area contributed by atoms with Crippen LogP contribution in [-0.4, -0.2) is 49.0 Å². The Bertz CT molecular complexity index is 550. The zero-order valence-electron chi connectivity index (χ0n) is 16.3. The highest BCUT2D eigenvalue weighted by molar-refractivity contribution is 14.0. The van der Waals surface area contributed by atoms with Gasteiger partial charge >= 0.3 is 0 Å². The molecule has 1 amide bonds. The van der Waals surface area contributed by atoms with E-state index < -0.39 is 0 Å².